The maximum absolute atomic E-state index is 11.8. The van der Waals surface area contributed by atoms with Crippen molar-refractivity contribution in [2.45, 2.75) is 9.79 Å². The SMILES string of the molecule is CN1C(=S)Sc2ccccc2S1(=O)=O. The molecule has 1 aliphatic heterocycles. The summed E-state index contributed by atoms with van der Waals surface area (Å²) in [4.78, 5) is 1.04. The summed E-state index contributed by atoms with van der Waals surface area (Å²) in [5, 5.41) is 0. The smallest absolute Gasteiger partial charge is 0.254 e. The highest BCUT2D eigenvalue weighted by atomic mass is 32.2. The zero-order valence-electron chi connectivity index (χ0n) is 7.30. The van der Waals surface area contributed by atoms with Gasteiger partial charge >= 0.3 is 0 Å². The van der Waals surface area contributed by atoms with Gasteiger partial charge in [-0.25, -0.2) is 8.42 Å². The fraction of sp³-hybridized carbons (Fsp3) is 0.125. The number of rotatable bonds is 0. The lowest BCUT2D eigenvalue weighted by Crippen LogP contribution is -2.33. The van der Waals surface area contributed by atoms with Gasteiger partial charge in [0.05, 0.1) is 0 Å². The lowest BCUT2D eigenvalue weighted by atomic mass is 10.4. The monoisotopic (exact) mass is 245 g/mol. The molecule has 6 heteroatoms. The highest BCUT2D eigenvalue weighted by Crippen LogP contribution is 2.35. The molecule has 0 saturated carbocycles. The Morgan fingerprint density at radius 3 is 2.71 bits per heavy atom. The molecule has 1 heterocycles. The fourth-order valence-electron chi connectivity index (χ4n) is 1.15. The van der Waals surface area contributed by atoms with Gasteiger partial charge in [0.2, 0.25) is 0 Å². The molecule has 1 aliphatic rings. The van der Waals surface area contributed by atoms with Gasteiger partial charge < -0.3 is 0 Å². The van der Waals surface area contributed by atoms with E-state index in [0.717, 1.165) is 4.31 Å². The maximum atomic E-state index is 11.8. The fourth-order valence-corrected chi connectivity index (χ4v) is 4.26. The van der Waals surface area contributed by atoms with Gasteiger partial charge in [0.25, 0.3) is 10.0 Å². The molecular weight excluding hydrogens is 238 g/mol. The third-order valence-electron chi connectivity index (χ3n) is 1.94. The van der Waals surface area contributed by atoms with Crippen LogP contribution in [-0.2, 0) is 10.0 Å². The molecule has 3 nitrogen and oxygen atoms in total. The minimum atomic E-state index is -3.40. The normalized spacial score (nSPS) is 19.2. The Balaban J connectivity index is 2.72. The summed E-state index contributed by atoms with van der Waals surface area (Å²) in [5.41, 5.74) is 0. The Bertz CT molecular complexity index is 495. The van der Waals surface area contributed by atoms with Crippen LogP contribution in [0.25, 0.3) is 0 Å². The first kappa shape index (κ1) is 9.95. The highest BCUT2D eigenvalue weighted by molar-refractivity contribution is 8.24. The molecule has 0 aromatic heterocycles. The molecule has 0 aliphatic carbocycles. The number of fused-ring (bicyclic) bond motifs is 1. The van der Waals surface area contributed by atoms with Crippen LogP contribution in [0, 0.1) is 0 Å². The standard InChI is InChI=1S/C8H7NO2S3/c1-9-8(12)13-6-4-2-3-5-7(6)14(9,10)11/h2-5H,1H3. The lowest BCUT2D eigenvalue weighted by molar-refractivity contribution is 0.553. The summed E-state index contributed by atoms with van der Waals surface area (Å²) in [7, 11) is -1.93. The van der Waals surface area contributed by atoms with Gasteiger partial charge in [0, 0.05) is 11.9 Å². The van der Waals surface area contributed by atoms with E-state index >= 15 is 0 Å². The summed E-state index contributed by atoms with van der Waals surface area (Å²) in [6.07, 6.45) is 0. The first-order valence-electron chi connectivity index (χ1n) is 3.83. The molecule has 0 atom stereocenters. The van der Waals surface area contributed by atoms with Gasteiger partial charge in [-0.2, -0.15) is 0 Å². The zero-order chi connectivity index (χ0) is 10.3. The average molecular weight is 245 g/mol. The van der Waals surface area contributed by atoms with E-state index < -0.39 is 10.0 Å². The van der Waals surface area contributed by atoms with E-state index in [4.69, 9.17) is 12.2 Å². The third kappa shape index (κ3) is 1.34. The van der Waals surface area contributed by atoms with Crippen molar-refractivity contribution >= 4 is 38.3 Å². The van der Waals surface area contributed by atoms with Crippen molar-refractivity contribution in [2.75, 3.05) is 7.05 Å². The van der Waals surface area contributed by atoms with Crippen molar-refractivity contribution in [3.8, 4) is 0 Å². The van der Waals surface area contributed by atoms with Crippen molar-refractivity contribution in [2.24, 2.45) is 0 Å². The minimum absolute atomic E-state index is 0.334. The van der Waals surface area contributed by atoms with Crippen LogP contribution < -0.4 is 0 Å². The molecule has 1 aromatic carbocycles. The summed E-state index contributed by atoms with van der Waals surface area (Å²) in [5.74, 6) is 0. The molecule has 0 spiro atoms. The molecule has 14 heavy (non-hydrogen) atoms. The van der Waals surface area contributed by atoms with E-state index in [1.54, 1.807) is 24.3 Å². The zero-order valence-corrected chi connectivity index (χ0v) is 9.75. The number of nitrogens with zero attached hydrogens (tertiary/aromatic N) is 1. The molecule has 2 rings (SSSR count). The molecule has 1 aromatic rings. The Morgan fingerprint density at radius 2 is 2.00 bits per heavy atom. The van der Waals surface area contributed by atoms with Crippen LogP contribution in [0.15, 0.2) is 34.1 Å². The molecule has 0 fully saturated rings. The number of sulfonamides is 1. The van der Waals surface area contributed by atoms with Crippen LogP contribution in [0.2, 0.25) is 0 Å². The Kier molecular flexibility index (Phi) is 2.29. The number of hydrogen-bond acceptors (Lipinski definition) is 4. The molecule has 0 saturated heterocycles. The van der Waals surface area contributed by atoms with Crippen molar-refractivity contribution in [1.82, 2.24) is 4.31 Å². The number of hydrogen-bond donors (Lipinski definition) is 0. The number of thioether (sulfide) groups is 1. The van der Waals surface area contributed by atoms with Crippen LogP contribution in [0.1, 0.15) is 0 Å². The van der Waals surface area contributed by atoms with Crippen molar-refractivity contribution in [3.63, 3.8) is 0 Å². The van der Waals surface area contributed by atoms with E-state index in [-0.39, 0.29) is 0 Å². The molecule has 0 unspecified atom stereocenters. The molecule has 0 amide bonds. The Labute approximate surface area is 92.2 Å². The van der Waals surface area contributed by atoms with Crippen LogP contribution >= 0.6 is 24.0 Å². The molecular formula is C8H7NO2S3. The third-order valence-corrected chi connectivity index (χ3v) is 5.67. The molecule has 0 bridgehead atoms. The van der Waals surface area contributed by atoms with Gasteiger partial charge in [-0.15, -0.1) is 0 Å². The second-order valence-corrected chi connectivity index (χ2v) is 6.40. The van der Waals surface area contributed by atoms with Gasteiger partial charge in [-0.3, -0.25) is 4.31 Å². The number of thiocarbonyl (C=S) groups is 1. The summed E-state index contributed by atoms with van der Waals surface area (Å²) < 4.78 is 25.2. The quantitative estimate of drug-likeness (QED) is 0.652. The second kappa shape index (κ2) is 3.22. The topological polar surface area (TPSA) is 37.4 Å². The average Bonchev–Trinajstić information content (AvgIpc) is 2.15. The van der Waals surface area contributed by atoms with Crippen LogP contribution in [0.5, 0.6) is 0 Å². The summed E-state index contributed by atoms with van der Waals surface area (Å²) >= 11 is 6.26. The first-order chi connectivity index (χ1) is 6.53. The van der Waals surface area contributed by atoms with E-state index in [1.807, 2.05) is 0 Å². The van der Waals surface area contributed by atoms with Crippen molar-refractivity contribution < 1.29 is 8.42 Å². The van der Waals surface area contributed by atoms with Crippen LogP contribution in [-0.4, -0.2) is 24.1 Å². The highest BCUT2D eigenvalue weighted by Gasteiger charge is 2.31. The Morgan fingerprint density at radius 1 is 1.36 bits per heavy atom. The van der Waals surface area contributed by atoms with Crippen LogP contribution in [0.4, 0.5) is 0 Å². The van der Waals surface area contributed by atoms with Crippen molar-refractivity contribution in [1.29, 1.82) is 0 Å². The number of benzene rings is 1. The summed E-state index contributed by atoms with van der Waals surface area (Å²) in [6, 6.07) is 6.86. The van der Waals surface area contributed by atoms with Gasteiger partial charge in [0.15, 0.2) is 4.32 Å². The van der Waals surface area contributed by atoms with Gasteiger partial charge in [0.1, 0.15) is 4.90 Å². The maximum Gasteiger partial charge on any atom is 0.266 e. The van der Waals surface area contributed by atoms with E-state index in [9.17, 15) is 8.42 Å². The van der Waals surface area contributed by atoms with E-state index in [2.05, 4.69) is 0 Å². The van der Waals surface area contributed by atoms with Crippen molar-refractivity contribution in [3.05, 3.63) is 24.3 Å². The van der Waals surface area contributed by atoms with E-state index in [1.165, 1.54) is 18.8 Å². The Hall–Kier alpha value is -0.590. The largest absolute Gasteiger partial charge is 0.266 e. The minimum Gasteiger partial charge on any atom is -0.254 e. The second-order valence-electron chi connectivity index (χ2n) is 2.79. The first-order valence-corrected chi connectivity index (χ1v) is 6.50. The van der Waals surface area contributed by atoms with Crippen LogP contribution in [0.3, 0.4) is 0 Å². The molecule has 0 radical (unpaired) electrons. The molecule has 0 N–H and O–H groups in total. The predicted octanol–water partition coefficient (Wildman–Crippen LogP) is 1.70. The van der Waals surface area contributed by atoms with E-state index in [0.29, 0.717) is 14.1 Å². The van der Waals surface area contributed by atoms with Gasteiger partial charge in [-0.05, 0) is 12.1 Å². The van der Waals surface area contributed by atoms with Gasteiger partial charge in [-0.1, -0.05) is 36.1 Å². The molecule has 74 valence electrons. The predicted molar refractivity (Wildman–Crippen MR) is 59.8 cm³/mol. The summed E-state index contributed by atoms with van der Waals surface area (Å²) in [6.45, 7) is 0. The lowest BCUT2D eigenvalue weighted by Gasteiger charge is -2.25.